The van der Waals surface area contributed by atoms with Crippen molar-refractivity contribution in [3.8, 4) is 17.6 Å². The van der Waals surface area contributed by atoms with Crippen LogP contribution in [0.5, 0.6) is 11.5 Å². The van der Waals surface area contributed by atoms with E-state index in [-0.39, 0.29) is 17.1 Å². The summed E-state index contributed by atoms with van der Waals surface area (Å²) in [6.07, 6.45) is 0. The maximum absolute atomic E-state index is 13.8. The van der Waals surface area contributed by atoms with Gasteiger partial charge in [-0.25, -0.2) is 4.39 Å². The van der Waals surface area contributed by atoms with Crippen LogP contribution in [0.25, 0.3) is 0 Å². The minimum absolute atomic E-state index is 0.0518. The highest BCUT2D eigenvalue weighted by atomic mass is 35.5. The highest BCUT2D eigenvalue weighted by Crippen LogP contribution is 2.68. The average molecular weight is 390 g/mol. The van der Waals surface area contributed by atoms with Crippen molar-refractivity contribution in [2.24, 2.45) is 0 Å². The molecule has 130 valence electrons. The molecule has 5 nitrogen and oxygen atoms in total. The Morgan fingerprint density at radius 1 is 1.24 bits per heavy atom. The molecule has 0 atom stereocenters. The molecule has 1 aliphatic rings. The number of rotatable bonds is 2. The predicted octanol–water partition coefficient (Wildman–Crippen LogP) is 5.04. The fourth-order valence-electron chi connectivity index (χ4n) is 2.29. The van der Waals surface area contributed by atoms with Crippen LogP contribution in [-0.2, 0) is 0 Å². The number of nitrogens with zero attached hydrogens (tertiary/aromatic N) is 1. The number of alkyl halides is 2. The Morgan fingerprint density at radius 2 is 1.92 bits per heavy atom. The van der Waals surface area contributed by atoms with Gasteiger partial charge in [0.15, 0.2) is 0 Å². The number of Topliss-reactive ketones (excluding diaryl/α,β-unsaturated/α-hetero) is 1. The smallest absolute Gasteiger partial charge is 0.405 e. The number of ketones is 1. The van der Waals surface area contributed by atoms with Crippen LogP contribution >= 0.6 is 22.2 Å². The number of halogens is 4. The van der Waals surface area contributed by atoms with Gasteiger partial charge in [-0.05, 0) is 24.3 Å². The number of ether oxygens (including phenoxy) is 1. The lowest BCUT2D eigenvalue weighted by atomic mass is 10.1. The molecule has 1 aliphatic heterocycles. The van der Waals surface area contributed by atoms with E-state index in [4.69, 9.17) is 21.6 Å². The lowest BCUT2D eigenvalue weighted by Gasteiger charge is -2.32. The molecule has 0 fully saturated rings. The van der Waals surface area contributed by atoms with E-state index in [9.17, 15) is 27.1 Å². The number of nitriles is 1. The van der Waals surface area contributed by atoms with Crippen molar-refractivity contribution in [2.45, 2.75) is 10.2 Å². The van der Waals surface area contributed by atoms with Crippen LogP contribution in [0.4, 0.5) is 13.2 Å². The summed E-state index contributed by atoms with van der Waals surface area (Å²) < 4.78 is 65.6. The van der Waals surface area contributed by atoms with E-state index in [1.54, 1.807) is 6.07 Å². The average Bonchev–Trinajstić information content (AvgIpc) is 2.67. The molecule has 0 radical (unpaired) electrons. The molecule has 0 unspecified atom stereocenters. The summed E-state index contributed by atoms with van der Waals surface area (Å²) in [7, 11) is -4.69. The topological polar surface area (TPSA) is 90.5 Å². The molecule has 1 heterocycles. The van der Waals surface area contributed by atoms with E-state index in [1.165, 1.54) is 6.07 Å². The summed E-state index contributed by atoms with van der Waals surface area (Å²) in [5.41, 5.74) is -0.815. The Labute approximate surface area is 145 Å². The summed E-state index contributed by atoms with van der Waals surface area (Å²) >= 11 is 5.92. The fraction of sp³-hybridized carbons (Fsp3) is 0.0667. The number of hydrogen-bond donors (Lipinski definition) is 2. The first-order valence-corrected chi connectivity index (χ1v) is 8.43. The molecule has 2 aromatic rings. The first-order valence-electron chi connectivity index (χ1n) is 6.51. The second-order valence-corrected chi connectivity index (χ2v) is 7.46. The van der Waals surface area contributed by atoms with Gasteiger partial charge in [0.1, 0.15) is 17.3 Å². The van der Waals surface area contributed by atoms with Crippen LogP contribution < -0.4 is 4.74 Å². The Kier molecular flexibility index (Phi) is 3.96. The predicted molar refractivity (Wildman–Crippen MR) is 83.0 cm³/mol. The molecule has 0 saturated heterocycles. The number of hydrogen-bond acceptors (Lipinski definition) is 5. The Bertz CT molecular complexity index is 959. The van der Waals surface area contributed by atoms with Crippen LogP contribution in [0.15, 0.2) is 35.2 Å². The van der Waals surface area contributed by atoms with Crippen molar-refractivity contribution >= 4 is 28.0 Å². The maximum Gasteiger partial charge on any atom is 0.405 e. The van der Waals surface area contributed by atoms with Gasteiger partial charge in [-0.1, -0.05) is 22.2 Å². The molecule has 0 aliphatic carbocycles. The van der Waals surface area contributed by atoms with Crippen LogP contribution in [0, 0.1) is 17.1 Å². The van der Waals surface area contributed by atoms with Gasteiger partial charge in [0, 0.05) is 6.07 Å². The summed E-state index contributed by atoms with van der Waals surface area (Å²) in [6.45, 7) is 0. The standard InChI is InChI=1S/C15H7ClF3NO4S/c16-13-10(24-9-4-7(6-20)3-8(17)5-9)1-2-11-12(13)14(21)15(18,19)25(11,22)23/h1-5,22-23H. The number of fused-ring (bicyclic) bond motifs is 1. The molecule has 10 heteroatoms. The molecule has 2 aromatic carbocycles. The maximum atomic E-state index is 13.8. The van der Waals surface area contributed by atoms with Gasteiger partial charge in [0.05, 0.1) is 27.1 Å². The van der Waals surface area contributed by atoms with Crippen LogP contribution in [-0.4, -0.2) is 20.1 Å². The zero-order chi connectivity index (χ0) is 18.6. The zero-order valence-corrected chi connectivity index (χ0v) is 13.5. The van der Waals surface area contributed by atoms with Crippen molar-refractivity contribution in [1.29, 1.82) is 5.26 Å². The summed E-state index contributed by atoms with van der Waals surface area (Å²) in [5, 5.41) is 3.84. The fourth-order valence-corrected chi connectivity index (χ4v) is 4.01. The minimum Gasteiger partial charge on any atom is -0.456 e. The van der Waals surface area contributed by atoms with Gasteiger partial charge < -0.3 is 4.74 Å². The van der Waals surface area contributed by atoms with E-state index in [1.807, 2.05) is 0 Å². The van der Waals surface area contributed by atoms with E-state index in [0.29, 0.717) is 0 Å². The third-order valence-corrected chi connectivity index (χ3v) is 5.68. The van der Waals surface area contributed by atoms with Gasteiger partial charge in [0.2, 0.25) is 0 Å². The first-order chi connectivity index (χ1) is 11.6. The molecular formula is C15H7ClF3NO4S. The lowest BCUT2D eigenvalue weighted by molar-refractivity contribution is 0.0513. The zero-order valence-electron chi connectivity index (χ0n) is 12.0. The van der Waals surface area contributed by atoms with Gasteiger partial charge in [0.25, 0.3) is 5.78 Å². The summed E-state index contributed by atoms with van der Waals surface area (Å²) in [5.74, 6) is -3.05. The quantitative estimate of drug-likeness (QED) is 0.750. The van der Waals surface area contributed by atoms with Crippen molar-refractivity contribution in [1.82, 2.24) is 0 Å². The SMILES string of the molecule is N#Cc1cc(F)cc(Oc2ccc3c(c2Cl)C(=O)C(F)(F)S3(O)O)c1. The molecule has 3 rings (SSSR count). The molecule has 0 spiro atoms. The van der Waals surface area contributed by atoms with E-state index < -0.39 is 42.9 Å². The Morgan fingerprint density at radius 3 is 2.56 bits per heavy atom. The van der Waals surface area contributed by atoms with Gasteiger partial charge in [-0.3, -0.25) is 13.9 Å². The molecule has 2 N–H and O–H groups in total. The third kappa shape index (κ3) is 2.54. The summed E-state index contributed by atoms with van der Waals surface area (Å²) in [4.78, 5) is 11.1. The van der Waals surface area contributed by atoms with Crippen molar-refractivity contribution in [2.75, 3.05) is 0 Å². The number of carbonyl (C=O) groups excluding carboxylic acids is 1. The molecule has 0 aromatic heterocycles. The third-order valence-electron chi connectivity index (χ3n) is 3.45. The van der Waals surface area contributed by atoms with Crippen LogP contribution in [0.2, 0.25) is 5.02 Å². The van der Waals surface area contributed by atoms with Gasteiger partial charge in [-0.2, -0.15) is 14.0 Å². The van der Waals surface area contributed by atoms with Gasteiger partial charge >= 0.3 is 5.25 Å². The molecule has 0 saturated carbocycles. The van der Waals surface area contributed by atoms with Crippen LogP contribution in [0.3, 0.4) is 0 Å². The molecule has 0 amide bonds. The molecule has 25 heavy (non-hydrogen) atoms. The van der Waals surface area contributed by atoms with Crippen molar-refractivity contribution in [3.05, 3.63) is 52.3 Å². The second kappa shape index (κ2) is 5.64. The normalized spacial score (nSPS) is 18.4. The van der Waals surface area contributed by atoms with E-state index in [0.717, 1.165) is 24.3 Å². The highest BCUT2D eigenvalue weighted by Gasteiger charge is 2.61. The number of benzene rings is 2. The Hall–Kier alpha value is -2.25. The molecular weight excluding hydrogens is 383 g/mol. The van der Waals surface area contributed by atoms with Crippen molar-refractivity contribution in [3.63, 3.8) is 0 Å². The first kappa shape index (κ1) is 17.6. The van der Waals surface area contributed by atoms with Crippen LogP contribution in [0.1, 0.15) is 15.9 Å². The minimum atomic E-state index is -4.69. The van der Waals surface area contributed by atoms with E-state index in [2.05, 4.69) is 0 Å². The summed E-state index contributed by atoms with van der Waals surface area (Å²) in [6, 6.07) is 6.69. The van der Waals surface area contributed by atoms with Gasteiger partial charge in [-0.15, -0.1) is 0 Å². The Balaban J connectivity index is 2.09. The highest BCUT2D eigenvalue weighted by molar-refractivity contribution is 8.26. The number of carbonyl (C=O) groups is 1. The van der Waals surface area contributed by atoms with Crippen molar-refractivity contribution < 1.29 is 31.8 Å². The second-order valence-electron chi connectivity index (χ2n) is 5.04. The van der Waals surface area contributed by atoms with E-state index >= 15 is 0 Å². The molecule has 0 bridgehead atoms. The lowest BCUT2D eigenvalue weighted by Crippen LogP contribution is -2.27. The monoisotopic (exact) mass is 389 g/mol. The largest absolute Gasteiger partial charge is 0.456 e.